The highest BCUT2D eigenvalue weighted by atomic mass is 19.4. The average molecular weight is 515 g/mol. The first kappa shape index (κ1) is 26.2. The molecule has 3 N–H and O–H groups in total. The number of nitrogens with one attached hydrogen (secondary N) is 2. The fraction of sp³-hybridized carbons (Fsp3) is 0.370. The van der Waals surface area contributed by atoms with Crippen LogP contribution >= 0.6 is 0 Å². The number of amides is 1. The second-order valence-electron chi connectivity index (χ2n) is 9.28. The summed E-state index contributed by atoms with van der Waals surface area (Å²) in [5, 5.41) is 18.1. The maximum Gasteiger partial charge on any atom is 0.405 e. The molecule has 7 nitrogen and oxygen atoms in total. The summed E-state index contributed by atoms with van der Waals surface area (Å²) in [6.45, 7) is 1.15. The zero-order chi connectivity index (χ0) is 26.6. The number of carbonyl (C=O) groups is 2. The van der Waals surface area contributed by atoms with Gasteiger partial charge in [0.1, 0.15) is 12.3 Å². The molecule has 4 aromatic rings. The Labute approximate surface area is 211 Å². The Balaban J connectivity index is 1.39. The molecule has 2 aromatic heterocycles. The minimum absolute atomic E-state index is 0.0672. The van der Waals surface area contributed by atoms with Gasteiger partial charge in [0, 0.05) is 30.1 Å². The van der Waals surface area contributed by atoms with Gasteiger partial charge in [-0.3, -0.25) is 14.3 Å². The number of aromatic hydroxyl groups is 1. The topological polar surface area (TPSA) is 100 Å². The molecule has 196 valence electrons. The van der Waals surface area contributed by atoms with Crippen LogP contribution in [-0.4, -0.2) is 44.3 Å². The van der Waals surface area contributed by atoms with Crippen molar-refractivity contribution in [2.24, 2.45) is 5.92 Å². The summed E-state index contributed by atoms with van der Waals surface area (Å²) in [7, 11) is 0. The molecule has 0 spiro atoms. The molecule has 0 saturated heterocycles. The molecule has 0 aliphatic heterocycles. The quantitative estimate of drug-likeness (QED) is 0.214. The number of hydrogen-bond donors (Lipinski definition) is 3. The second-order valence-corrected chi connectivity index (χ2v) is 9.28. The van der Waals surface area contributed by atoms with E-state index in [-0.39, 0.29) is 17.3 Å². The number of fused-ring (bicyclic) bond motifs is 2. The number of alkyl halides is 3. The number of carbonyl (C=O) groups excluding carboxylic acids is 2. The zero-order valence-corrected chi connectivity index (χ0v) is 20.4. The number of halogens is 3. The van der Waals surface area contributed by atoms with Gasteiger partial charge in [-0.25, -0.2) is 0 Å². The lowest BCUT2D eigenvalue weighted by Crippen LogP contribution is -2.33. The summed E-state index contributed by atoms with van der Waals surface area (Å²) >= 11 is 0. The molecule has 0 aliphatic rings. The van der Waals surface area contributed by atoms with E-state index in [0.29, 0.717) is 36.0 Å². The molecule has 2 aromatic carbocycles. The minimum atomic E-state index is -4.55. The normalized spacial score (nSPS) is 12.8. The van der Waals surface area contributed by atoms with Crippen LogP contribution in [-0.2, 0) is 6.54 Å². The van der Waals surface area contributed by atoms with Crippen molar-refractivity contribution in [3.05, 3.63) is 59.9 Å². The molecular formula is C27H29F3N4O3. The molecule has 0 aliphatic carbocycles. The number of benzene rings is 2. The molecule has 4 rings (SSSR count). The minimum Gasteiger partial charge on any atom is -0.506 e. The number of H-pyrrole nitrogens is 1. The van der Waals surface area contributed by atoms with Crippen LogP contribution in [0.3, 0.4) is 0 Å². The Hall–Kier alpha value is -3.82. The lowest BCUT2D eigenvalue weighted by atomic mass is 9.96. The highest BCUT2D eigenvalue weighted by Crippen LogP contribution is 2.29. The largest absolute Gasteiger partial charge is 0.506 e. The number of ketones is 1. The van der Waals surface area contributed by atoms with Crippen molar-refractivity contribution in [2.45, 2.75) is 51.7 Å². The molecule has 0 radical (unpaired) electrons. The summed E-state index contributed by atoms with van der Waals surface area (Å²) in [6.07, 6.45) is 0.884. The smallest absolute Gasteiger partial charge is 0.405 e. The first-order chi connectivity index (χ1) is 17.6. The van der Waals surface area contributed by atoms with Gasteiger partial charge in [0.05, 0.1) is 22.2 Å². The van der Waals surface area contributed by atoms with Crippen LogP contribution in [0.15, 0.2) is 48.7 Å². The van der Waals surface area contributed by atoms with Crippen molar-refractivity contribution >= 4 is 33.5 Å². The first-order valence-corrected chi connectivity index (χ1v) is 12.3. The molecule has 1 atom stereocenters. The monoisotopic (exact) mass is 514 g/mol. The molecular weight excluding hydrogens is 485 g/mol. The number of aromatic nitrogens is 3. The van der Waals surface area contributed by atoms with Gasteiger partial charge < -0.3 is 15.4 Å². The molecule has 0 fully saturated rings. The van der Waals surface area contributed by atoms with Crippen molar-refractivity contribution in [2.75, 3.05) is 6.54 Å². The van der Waals surface area contributed by atoms with E-state index in [4.69, 9.17) is 0 Å². The van der Waals surface area contributed by atoms with Crippen LogP contribution in [0, 0.1) is 5.92 Å². The third-order valence-corrected chi connectivity index (χ3v) is 6.39. The lowest BCUT2D eigenvalue weighted by molar-refractivity contribution is -0.123. The maximum absolute atomic E-state index is 12.7. The first-order valence-electron chi connectivity index (χ1n) is 12.3. The van der Waals surface area contributed by atoms with Crippen LogP contribution < -0.4 is 5.32 Å². The van der Waals surface area contributed by atoms with E-state index in [0.717, 1.165) is 30.2 Å². The van der Waals surface area contributed by atoms with Gasteiger partial charge in [-0.15, -0.1) is 0 Å². The van der Waals surface area contributed by atoms with Gasteiger partial charge in [-0.2, -0.15) is 18.3 Å². The maximum atomic E-state index is 12.7. The summed E-state index contributed by atoms with van der Waals surface area (Å²) in [5.74, 6) is -1.10. The third-order valence-electron chi connectivity index (χ3n) is 6.39. The van der Waals surface area contributed by atoms with E-state index < -0.39 is 24.4 Å². The number of phenolic OH excluding ortho intramolecular Hbond substituents is 1. The lowest BCUT2D eigenvalue weighted by Gasteiger charge is -2.15. The van der Waals surface area contributed by atoms with Crippen LogP contribution in [0.4, 0.5) is 13.2 Å². The van der Waals surface area contributed by atoms with E-state index in [1.54, 1.807) is 16.2 Å². The van der Waals surface area contributed by atoms with Crippen LogP contribution in [0.25, 0.3) is 21.8 Å². The predicted molar refractivity (Wildman–Crippen MR) is 135 cm³/mol. The fourth-order valence-electron chi connectivity index (χ4n) is 4.59. The number of para-hydroxylation sites is 1. The fourth-order valence-corrected chi connectivity index (χ4v) is 4.59. The van der Waals surface area contributed by atoms with E-state index in [1.165, 1.54) is 12.1 Å². The molecule has 0 saturated carbocycles. The number of aromatic amines is 1. The number of hydrogen-bond acceptors (Lipinski definition) is 4. The van der Waals surface area contributed by atoms with Gasteiger partial charge >= 0.3 is 6.18 Å². The van der Waals surface area contributed by atoms with Crippen molar-refractivity contribution in [3.8, 4) is 5.75 Å². The summed E-state index contributed by atoms with van der Waals surface area (Å²) in [4.78, 5) is 28.0. The number of phenols is 1. The van der Waals surface area contributed by atoms with Gasteiger partial charge in [0.2, 0.25) is 0 Å². The SMILES string of the molecule is CCCC(CCCC(=O)c1cc2ccccc2[nH]1)Cn1cc2c(O)c(C(=O)NCC(F)(F)F)ccc2n1. The highest BCUT2D eigenvalue weighted by Gasteiger charge is 2.28. The number of Topliss-reactive ketones (excluding diaryl/α,β-unsaturated/α-hetero) is 1. The average Bonchev–Trinajstić information content (AvgIpc) is 3.47. The van der Waals surface area contributed by atoms with Crippen molar-refractivity contribution in [3.63, 3.8) is 0 Å². The van der Waals surface area contributed by atoms with Crippen molar-refractivity contribution in [1.29, 1.82) is 0 Å². The van der Waals surface area contributed by atoms with Gasteiger partial charge in [0.15, 0.2) is 5.78 Å². The number of nitrogens with zero attached hydrogens (tertiary/aromatic N) is 2. The Kier molecular flexibility index (Phi) is 7.85. The zero-order valence-electron chi connectivity index (χ0n) is 20.4. The van der Waals surface area contributed by atoms with Gasteiger partial charge in [0.25, 0.3) is 5.91 Å². The highest BCUT2D eigenvalue weighted by molar-refractivity contribution is 6.02. The van der Waals surface area contributed by atoms with Gasteiger partial charge in [-0.05, 0) is 49.4 Å². The van der Waals surface area contributed by atoms with Crippen LogP contribution in [0.1, 0.15) is 59.9 Å². The summed E-state index contributed by atoms with van der Waals surface area (Å²) in [6, 6.07) is 12.4. The molecule has 1 amide bonds. The number of rotatable bonds is 11. The van der Waals surface area contributed by atoms with Crippen molar-refractivity contribution < 1.29 is 27.9 Å². The van der Waals surface area contributed by atoms with Crippen LogP contribution in [0.5, 0.6) is 5.75 Å². The van der Waals surface area contributed by atoms with E-state index in [9.17, 15) is 27.9 Å². The standard InChI is InChI=1S/C27H29F3N4O3/c1-2-6-17(7-5-10-24(35)23-13-18-8-3-4-9-21(18)32-23)14-34-15-20-22(33-34)12-11-19(25(20)36)26(37)31-16-27(28,29)30/h3-4,8-9,11-13,15,17,32,36H,2,5-7,10,14,16H2,1H3,(H,31,37). The summed E-state index contributed by atoms with van der Waals surface area (Å²) in [5.41, 5.74) is 1.74. The molecule has 0 bridgehead atoms. The van der Waals surface area contributed by atoms with E-state index in [2.05, 4.69) is 17.0 Å². The van der Waals surface area contributed by atoms with Crippen LogP contribution in [0.2, 0.25) is 0 Å². The predicted octanol–water partition coefficient (Wildman–Crippen LogP) is 5.98. The van der Waals surface area contributed by atoms with Crippen molar-refractivity contribution in [1.82, 2.24) is 20.1 Å². The molecule has 37 heavy (non-hydrogen) atoms. The third kappa shape index (κ3) is 6.49. The molecule has 1 unspecified atom stereocenters. The Morgan fingerprint density at radius 3 is 2.68 bits per heavy atom. The summed E-state index contributed by atoms with van der Waals surface area (Å²) < 4.78 is 39.0. The second kappa shape index (κ2) is 11.1. The molecule has 10 heteroatoms. The Morgan fingerprint density at radius 2 is 1.95 bits per heavy atom. The molecule has 2 heterocycles. The van der Waals surface area contributed by atoms with E-state index in [1.807, 2.05) is 30.3 Å². The van der Waals surface area contributed by atoms with Gasteiger partial charge in [-0.1, -0.05) is 31.5 Å². The Bertz CT molecular complexity index is 1370. The Morgan fingerprint density at radius 1 is 1.16 bits per heavy atom. The van der Waals surface area contributed by atoms with E-state index >= 15 is 0 Å².